The standard InChI is InChI=1S/C7H8ClFN2O/c8-5-1-4(6(10)3-12)2-11-7(5)9/h1-2,6,12H,3,10H2/t6-/m0/s1. The van der Waals surface area contributed by atoms with E-state index in [1.165, 1.54) is 12.3 Å². The zero-order valence-electron chi connectivity index (χ0n) is 6.17. The van der Waals surface area contributed by atoms with Crippen LogP contribution in [0.25, 0.3) is 0 Å². The topological polar surface area (TPSA) is 59.1 Å². The van der Waals surface area contributed by atoms with Crippen LogP contribution >= 0.6 is 11.6 Å². The third-order valence-electron chi connectivity index (χ3n) is 1.44. The fourth-order valence-corrected chi connectivity index (χ4v) is 0.919. The number of aromatic nitrogens is 1. The van der Waals surface area contributed by atoms with E-state index in [9.17, 15) is 4.39 Å². The molecule has 12 heavy (non-hydrogen) atoms. The molecule has 1 heterocycles. The highest BCUT2D eigenvalue weighted by molar-refractivity contribution is 6.30. The van der Waals surface area contributed by atoms with Gasteiger partial charge in [0.15, 0.2) is 0 Å². The molecule has 1 aromatic heterocycles. The van der Waals surface area contributed by atoms with Crippen LogP contribution in [-0.4, -0.2) is 16.7 Å². The summed E-state index contributed by atoms with van der Waals surface area (Å²) in [6.07, 6.45) is 1.25. The lowest BCUT2D eigenvalue weighted by molar-refractivity contribution is 0.267. The molecule has 0 saturated carbocycles. The lowest BCUT2D eigenvalue weighted by atomic mass is 10.1. The van der Waals surface area contributed by atoms with E-state index >= 15 is 0 Å². The number of aliphatic hydroxyl groups excluding tert-OH is 1. The van der Waals surface area contributed by atoms with Crippen LogP contribution in [0.15, 0.2) is 12.3 Å². The van der Waals surface area contributed by atoms with E-state index < -0.39 is 12.0 Å². The van der Waals surface area contributed by atoms with Crippen LogP contribution in [0.1, 0.15) is 11.6 Å². The molecule has 3 nitrogen and oxygen atoms in total. The van der Waals surface area contributed by atoms with Crippen molar-refractivity contribution in [2.24, 2.45) is 5.73 Å². The molecule has 0 amide bonds. The Hall–Kier alpha value is -0.710. The predicted octanol–water partition coefficient (Wildman–Crippen LogP) is 0.866. The van der Waals surface area contributed by atoms with Crippen LogP contribution in [0, 0.1) is 5.95 Å². The van der Waals surface area contributed by atoms with Gasteiger partial charge in [-0.25, -0.2) is 4.98 Å². The summed E-state index contributed by atoms with van der Waals surface area (Å²) < 4.78 is 12.5. The molecule has 0 radical (unpaired) electrons. The van der Waals surface area contributed by atoms with E-state index in [0.717, 1.165) is 0 Å². The van der Waals surface area contributed by atoms with Crippen molar-refractivity contribution in [2.45, 2.75) is 6.04 Å². The van der Waals surface area contributed by atoms with Crippen LogP contribution in [-0.2, 0) is 0 Å². The Labute approximate surface area is 74.0 Å². The molecular weight excluding hydrogens is 183 g/mol. The molecule has 0 aliphatic rings. The molecule has 0 aromatic carbocycles. The number of nitrogens with two attached hydrogens (primary N) is 1. The highest BCUT2D eigenvalue weighted by atomic mass is 35.5. The highest BCUT2D eigenvalue weighted by Crippen LogP contribution is 2.16. The second-order valence-electron chi connectivity index (χ2n) is 2.33. The van der Waals surface area contributed by atoms with Crippen molar-refractivity contribution < 1.29 is 9.50 Å². The molecule has 66 valence electrons. The maximum Gasteiger partial charge on any atom is 0.231 e. The van der Waals surface area contributed by atoms with Crippen molar-refractivity contribution in [3.8, 4) is 0 Å². The van der Waals surface area contributed by atoms with Gasteiger partial charge >= 0.3 is 0 Å². The molecule has 1 rings (SSSR count). The summed E-state index contributed by atoms with van der Waals surface area (Å²) in [4.78, 5) is 3.36. The quantitative estimate of drug-likeness (QED) is 0.681. The van der Waals surface area contributed by atoms with E-state index in [1.54, 1.807) is 0 Å². The normalized spacial score (nSPS) is 13.0. The Morgan fingerprint density at radius 1 is 1.75 bits per heavy atom. The monoisotopic (exact) mass is 190 g/mol. The highest BCUT2D eigenvalue weighted by Gasteiger charge is 2.07. The van der Waals surface area contributed by atoms with Gasteiger partial charge in [-0.15, -0.1) is 0 Å². The maximum atomic E-state index is 12.5. The number of aliphatic hydroxyl groups is 1. The van der Waals surface area contributed by atoms with Gasteiger partial charge in [-0.3, -0.25) is 0 Å². The summed E-state index contributed by atoms with van der Waals surface area (Å²) in [6.45, 7) is -0.219. The average Bonchev–Trinajstić information content (AvgIpc) is 2.08. The number of hydrogen-bond donors (Lipinski definition) is 2. The fraction of sp³-hybridized carbons (Fsp3) is 0.286. The number of hydrogen-bond acceptors (Lipinski definition) is 3. The first-order valence-corrected chi connectivity index (χ1v) is 3.70. The summed E-state index contributed by atoms with van der Waals surface area (Å²) in [5, 5.41) is 8.57. The Kier molecular flexibility index (Phi) is 2.97. The fourth-order valence-electron chi connectivity index (χ4n) is 0.744. The van der Waals surface area contributed by atoms with Crippen molar-refractivity contribution >= 4 is 11.6 Å². The minimum absolute atomic E-state index is 0.0867. The molecule has 0 bridgehead atoms. The van der Waals surface area contributed by atoms with Gasteiger partial charge in [-0.2, -0.15) is 4.39 Å². The van der Waals surface area contributed by atoms with Crippen molar-refractivity contribution in [1.82, 2.24) is 4.98 Å². The third kappa shape index (κ3) is 1.91. The molecule has 0 spiro atoms. The van der Waals surface area contributed by atoms with Gasteiger partial charge in [0.2, 0.25) is 5.95 Å². The summed E-state index contributed by atoms with van der Waals surface area (Å²) in [5.41, 5.74) is 5.96. The van der Waals surface area contributed by atoms with E-state index in [4.69, 9.17) is 22.4 Å². The molecule has 3 N–H and O–H groups in total. The number of nitrogens with zero attached hydrogens (tertiary/aromatic N) is 1. The first kappa shape index (κ1) is 9.38. The van der Waals surface area contributed by atoms with Crippen LogP contribution in [0.3, 0.4) is 0 Å². The van der Waals surface area contributed by atoms with E-state index in [1.807, 2.05) is 0 Å². The summed E-state index contributed by atoms with van der Waals surface area (Å²) >= 11 is 5.44. The molecule has 1 aromatic rings. The minimum atomic E-state index is -0.731. The van der Waals surface area contributed by atoms with Crippen LogP contribution in [0.2, 0.25) is 5.02 Å². The maximum absolute atomic E-state index is 12.5. The van der Waals surface area contributed by atoms with Crippen molar-refractivity contribution in [3.05, 3.63) is 28.8 Å². The molecular formula is C7H8ClFN2O. The van der Waals surface area contributed by atoms with Gasteiger partial charge in [-0.1, -0.05) is 11.6 Å². The van der Waals surface area contributed by atoms with Crippen LogP contribution < -0.4 is 5.73 Å². The first-order valence-electron chi connectivity index (χ1n) is 3.32. The summed E-state index contributed by atoms with van der Waals surface area (Å²) in [6, 6.07) is 0.792. The summed E-state index contributed by atoms with van der Waals surface area (Å²) in [7, 11) is 0. The average molecular weight is 191 g/mol. The van der Waals surface area contributed by atoms with Crippen molar-refractivity contribution in [1.29, 1.82) is 0 Å². The van der Waals surface area contributed by atoms with Gasteiger partial charge < -0.3 is 10.8 Å². The first-order chi connectivity index (χ1) is 5.65. The van der Waals surface area contributed by atoms with Gasteiger partial charge in [-0.05, 0) is 11.6 Å². The molecule has 0 aliphatic heterocycles. The van der Waals surface area contributed by atoms with E-state index in [2.05, 4.69) is 4.98 Å². The van der Waals surface area contributed by atoms with Gasteiger partial charge in [0.1, 0.15) is 0 Å². The number of rotatable bonds is 2. The Bertz CT molecular complexity index is 282. The summed E-state index contributed by atoms with van der Waals surface area (Å²) in [5.74, 6) is -0.731. The predicted molar refractivity (Wildman–Crippen MR) is 43.2 cm³/mol. The number of halogens is 2. The second kappa shape index (κ2) is 3.80. The van der Waals surface area contributed by atoms with E-state index in [0.29, 0.717) is 5.56 Å². The lowest BCUT2D eigenvalue weighted by Gasteiger charge is -2.07. The van der Waals surface area contributed by atoms with Crippen molar-refractivity contribution in [3.63, 3.8) is 0 Å². The largest absolute Gasteiger partial charge is 0.394 e. The lowest BCUT2D eigenvalue weighted by Crippen LogP contribution is -2.14. The van der Waals surface area contributed by atoms with E-state index in [-0.39, 0.29) is 11.6 Å². The van der Waals surface area contributed by atoms with Gasteiger partial charge in [0, 0.05) is 6.20 Å². The molecule has 1 atom stereocenters. The SMILES string of the molecule is N[C@@H](CO)c1cnc(F)c(Cl)c1. The molecule has 0 fully saturated rings. The minimum Gasteiger partial charge on any atom is -0.394 e. The molecule has 0 unspecified atom stereocenters. The molecule has 0 saturated heterocycles. The molecule has 0 aliphatic carbocycles. The Balaban J connectivity index is 2.96. The van der Waals surface area contributed by atoms with Crippen molar-refractivity contribution in [2.75, 3.05) is 6.61 Å². The number of pyridine rings is 1. The Morgan fingerprint density at radius 2 is 2.42 bits per heavy atom. The zero-order valence-corrected chi connectivity index (χ0v) is 6.92. The van der Waals surface area contributed by atoms with Gasteiger partial charge in [0.25, 0.3) is 0 Å². The van der Waals surface area contributed by atoms with Crippen LogP contribution in [0.5, 0.6) is 0 Å². The Morgan fingerprint density at radius 3 is 2.92 bits per heavy atom. The third-order valence-corrected chi connectivity index (χ3v) is 1.71. The van der Waals surface area contributed by atoms with Crippen LogP contribution in [0.4, 0.5) is 4.39 Å². The second-order valence-corrected chi connectivity index (χ2v) is 2.74. The smallest absolute Gasteiger partial charge is 0.231 e. The zero-order chi connectivity index (χ0) is 9.14. The van der Waals surface area contributed by atoms with Gasteiger partial charge in [0.05, 0.1) is 17.7 Å². The molecule has 5 heteroatoms.